The molecule has 0 atom stereocenters. The summed E-state index contributed by atoms with van der Waals surface area (Å²) in [5.74, 6) is 0.173. The van der Waals surface area contributed by atoms with Crippen LogP contribution in [0.3, 0.4) is 0 Å². The molecule has 2 aliphatic rings. The summed E-state index contributed by atoms with van der Waals surface area (Å²) in [7, 11) is 0. The van der Waals surface area contributed by atoms with E-state index in [1.807, 2.05) is 35.4 Å². The SMILES string of the molecule is O=C(O)c1ccc(C2CCC(Cn3cc(C(=O)N4CCOCC4)c4ncccc43)CC2)cc1. The third kappa shape index (κ3) is 4.50. The third-order valence-corrected chi connectivity index (χ3v) is 7.10. The Labute approximate surface area is 193 Å². The van der Waals surface area contributed by atoms with Crippen molar-refractivity contribution in [3.05, 3.63) is 65.5 Å². The second-order valence-corrected chi connectivity index (χ2v) is 9.12. The van der Waals surface area contributed by atoms with Crippen LogP contribution in [0.5, 0.6) is 0 Å². The number of carbonyl (C=O) groups is 2. The average Bonchev–Trinajstić information content (AvgIpc) is 3.23. The van der Waals surface area contributed by atoms with Gasteiger partial charge in [-0.15, -0.1) is 0 Å². The Hall–Kier alpha value is -3.19. The van der Waals surface area contributed by atoms with Gasteiger partial charge in [0.2, 0.25) is 0 Å². The Bertz CT molecular complexity index is 1140. The minimum atomic E-state index is -0.884. The first-order valence-electron chi connectivity index (χ1n) is 11.7. The molecular weight excluding hydrogens is 418 g/mol. The Kier molecular flexibility index (Phi) is 6.13. The lowest BCUT2D eigenvalue weighted by Gasteiger charge is -2.29. The number of aromatic carboxylic acids is 1. The van der Waals surface area contributed by atoms with Crippen molar-refractivity contribution in [2.24, 2.45) is 5.92 Å². The largest absolute Gasteiger partial charge is 0.478 e. The maximum Gasteiger partial charge on any atom is 0.335 e. The normalized spacial score (nSPS) is 21.3. The van der Waals surface area contributed by atoms with E-state index in [1.54, 1.807) is 18.3 Å². The summed E-state index contributed by atoms with van der Waals surface area (Å²) in [5.41, 5.74) is 4.04. The molecule has 2 aromatic heterocycles. The Morgan fingerprint density at radius 1 is 1.03 bits per heavy atom. The van der Waals surface area contributed by atoms with Crippen LogP contribution in [0.15, 0.2) is 48.8 Å². The molecule has 1 aromatic carbocycles. The number of pyridine rings is 1. The Morgan fingerprint density at radius 3 is 2.45 bits per heavy atom. The minimum Gasteiger partial charge on any atom is -0.478 e. The van der Waals surface area contributed by atoms with Crippen LogP contribution < -0.4 is 0 Å². The summed E-state index contributed by atoms with van der Waals surface area (Å²) in [5, 5.41) is 9.11. The molecule has 3 heterocycles. The van der Waals surface area contributed by atoms with E-state index in [0.717, 1.165) is 43.3 Å². The average molecular weight is 448 g/mol. The molecule has 1 N–H and O–H groups in total. The molecule has 1 amide bonds. The molecule has 3 aromatic rings. The van der Waals surface area contributed by atoms with Gasteiger partial charge in [0.1, 0.15) is 5.52 Å². The molecule has 5 rings (SSSR count). The zero-order valence-corrected chi connectivity index (χ0v) is 18.7. The van der Waals surface area contributed by atoms with Gasteiger partial charge in [0, 0.05) is 32.0 Å². The second-order valence-electron chi connectivity index (χ2n) is 9.12. The van der Waals surface area contributed by atoms with Crippen molar-refractivity contribution in [3.63, 3.8) is 0 Å². The second kappa shape index (κ2) is 9.35. The zero-order valence-electron chi connectivity index (χ0n) is 18.7. The number of carboxylic acid groups (broad SMARTS) is 1. The van der Waals surface area contributed by atoms with E-state index >= 15 is 0 Å². The first-order chi connectivity index (χ1) is 16.1. The van der Waals surface area contributed by atoms with Crippen molar-refractivity contribution in [1.29, 1.82) is 0 Å². The van der Waals surface area contributed by atoms with Crippen LogP contribution in [0, 0.1) is 5.92 Å². The standard InChI is InChI=1S/C26H29N3O4/c30-25(28-12-14-33-15-13-28)22-17-29(23-2-1-11-27-24(22)23)16-18-3-5-19(6-4-18)20-7-9-21(10-8-20)26(31)32/h1-2,7-11,17-19H,3-6,12-16H2,(H,31,32). The topological polar surface area (TPSA) is 84.7 Å². The molecule has 1 saturated carbocycles. The van der Waals surface area contributed by atoms with Crippen molar-refractivity contribution in [3.8, 4) is 0 Å². The molecule has 7 nitrogen and oxygen atoms in total. The molecule has 7 heteroatoms. The Balaban J connectivity index is 1.28. The van der Waals surface area contributed by atoms with E-state index in [2.05, 4.69) is 9.55 Å². The summed E-state index contributed by atoms with van der Waals surface area (Å²) in [6.45, 7) is 3.29. The van der Waals surface area contributed by atoms with E-state index in [-0.39, 0.29) is 5.91 Å². The van der Waals surface area contributed by atoms with Crippen LogP contribution in [-0.2, 0) is 11.3 Å². The maximum absolute atomic E-state index is 13.2. The highest BCUT2D eigenvalue weighted by Gasteiger charge is 2.26. The number of hydrogen-bond donors (Lipinski definition) is 1. The smallest absolute Gasteiger partial charge is 0.335 e. The van der Waals surface area contributed by atoms with Gasteiger partial charge < -0.3 is 19.3 Å². The van der Waals surface area contributed by atoms with E-state index in [1.165, 1.54) is 5.56 Å². The number of amides is 1. The number of carbonyl (C=O) groups excluding carboxylic acids is 1. The molecule has 1 aliphatic heterocycles. The van der Waals surface area contributed by atoms with Crippen LogP contribution in [0.2, 0.25) is 0 Å². The number of hydrogen-bond acceptors (Lipinski definition) is 4. The number of aromatic nitrogens is 2. The number of ether oxygens (including phenoxy) is 1. The van der Waals surface area contributed by atoms with Crippen LogP contribution in [0.4, 0.5) is 0 Å². The quantitative estimate of drug-likeness (QED) is 0.634. The van der Waals surface area contributed by atoms with E-state index in [9.17, 15) is 9.59 Å². The summed E-state index contributed by atoms with van der Waals surface area (Å²) < 4.78 is 7.61. The fraction of sp³-hybridized carbons (Fsp3) is 0.423. The fourth-order valence-corrected chi connectivity index (χ4v) is 5.22. The van der Waals surface area contributed by atoms with Crippen LogP contribution in [0.1, 0.15) is 57.9 Å². The maximum atomic E-state index is 13.2. The predicted molar refractivity (Wildman–Crippen MR) is 125 cm³/mol. The Morgan fingerprint density at radius 2 is 1.76 bits per heavy atom. The molecule has 1 saturated heterocycles. The van der Waals surface area contributed by atoms with E-state index < -0.39 is 5.97 Å². The summed E-state index contributed by atoms with van der Waals surface area (Å²) in [6, 6.07) is 11.3. The van der Waals surface area contributed by atoms with Gasteiger partial charge in [0.25, 0.3) is 5.91 Å². The van der Waals surface area contributed by atoms with Crippen LogP contribution in [0.25, 0.3) is 11.0 Å². The lowest BCUT2D eigenvalue weighted by Crippen LogP contribution is -2.40. The van der Waals surface area contributed by atoms with Crippen LogP contribution >= 0.6 is 0 Å². The van der Waals surface area contributed by atoms with Gasteiger partial charge in [-0.25, -0.2) is 4.79 Å². The molecule has 33 heavy (non-hydrogen) atoms. The highest BCUT2D eigenvalue weighted by Crippen LogP contribution is 2.37. The summed E-state index contributed by atoms with van der Waals surface area (Å²) in [4.78, 5) is 30.7. The number of rotatable bonds is 5. The fourth-order valence-electron chi connectivity index (χ4n) is 5.22. The van der Waals surface area contributed by atoms with Gasteiger partial charge in [-0.3, -0.25) is 9.78 Å². The van der Waals surface area contributed by atoms with Gasteiger partial charge in [-0.1, -0.05) is 12.1 Å². The molecule has 0 spiro atoms. The lowest BCUT2D eigenvalue weighted by atomic mass is 9.78. The molecular formula is C26H29N3O4. The number of morpholine rings is 1. The molecule has 0 unspecified atom stereocenters. The highest BCUT2D eigenvalue weighted by molar-refractivity contribution is 6.05. The molecule has 172 valence electrons. The minimum absolute atomic E-state index is 0.0364. The van der Waals surface area contributed by atoms with Gasteiger partial charge in [0.15, 0.2) is 0 Å². The van der Waals surface area contributed by atoms with Crippen molar-refractivity contribution < 1.29 is 19.4 Å². The highest BCUT2D eigenvalue weighted by atomic mass is 16.5. The van der Waals surface area contributed by atoms with Crippen molar-refractivity contribution in [2.75, 3.05) is 26.3 Å². The molecule has 2 fully saturated rings. The van der Waals surface area contributed by atoms with Crippen LogP contribution in [-0.4, -0.2) is 57.7 Å². The number of benzene rings is 1. The number of fused-ring (bicyclic) bond motifs is 1. The molecule has 0 bridgehead atoms. The molecule has 0 radical (unpaired) electrons. The summed E-state index contributed by atoms with van der Waals surface area (Å²) >= 11 is 0. The predicted octanol–water partition coefficient (Wildman–Crippen LogP) is 4.18. The van der Waals surface area contributed by atoms with Gasteiger partial charge in [0.05, 0.1) is 29.9 Å². The lowest BCUT2D eigenvalue weighted by molar-refractivity contribution is 0.0304. The van der Waals surface area contributed by atoms with Crippen molar-refractivity contribution in [1.82, 2.24) is 14.5 Å². The van der Waals surface area contributed by atoms with Crippen molar-refractivity contribution in [2.45, 2.75) is 38.1 Å². The third-order valence-electron chi connectivity index (χ3n) is 7.10. The molecule has 1 aliphatic carbocycles. The number of nitrogens with zero attached hydrogens (tertiary/aromatic N) is 3. The van der Waals surface area contributed by atoms with E-state index in [4.69, 9.17) is 9.84 Å². The number of carboxylic acids is 1. The van der Waals surface area contributed by atoms with Gasteiger partial charge in [-0.2, -0.15) is 0 Å². The van der Waals surface area contributed by atoms with E-state index in [0.29, 0.717) is 49.3 Å². The zero-order chi connectivity index (χ0) is 22.8. The van der Waals surface area contributed by atoms with Gasteiger partial charge >= 0.3 is 5.97 Å². The first-order valence-corrected chi connectivity index (χ1v) is 11.7. The monoisotopic (exact) mass is 447 g/mol. The van der Waals surface area contributed by atoms with Crippen molar-refractivity contribution >= 4 is 22.9 Å². The van der Waals surface area contributed by atoms with Gasteiger partial charge in [-0.05, 0) is 67.3 Å². The summed E-state index contributed by atoms with van der Waals surface area (Å²) in [6.07, 6.45) is 8.15. The first kappa shape index (κ1) is 21.6.